The van der Waals surface area contributed by atoms with Gasteiger partial charge in [-0.05, 0) is 19.5 Å². The van der Waals surface area contributed by atoms with Crippen LogP contribution in [0.1, 0.15) is 27.2 Å². The Kier molecular flexibility index (Phi) is 8.40. The maximum atomic E-state index is 9.75. The Labute approximate surface area is 93.9 Å². The summed E-state index contributed by atoms with van der Waals surface area (Å²) in [6, 6.07) is 0.0800. The van der Waals surface area contributed by atoms with Crippen molar-refractivity contribution in [1.82, 2.24) is 10.2 Å². The third-order valence-electron chi connectivity index (χ3n) is 2.57. The van der Waals surface area contributed by atoms with Crippen molar-refractivity contribution in [3.05, 3.63) is 0 Å². The van der Waals surface area contributed by atoms with Crippen LogP contribution in [0.15, 0.2) is 0 Å². The third-order valence-corrected chi connectivity index (χ3v) is 2.57. The highest BCUT2D eigenvalue weighted by atomic mass is 16.3. The number of likely N-dealkylation sites (N-methyl/N-ethyl adjacent to an activating group) is 1. The summed E-state index contributed by atoms with van der Waals surface area (Å²) < 4.78 is 0. The molecule has 0 aromatic heterocycles. The molecule has 0 heterocycles. The van der Waals surface area contributed by atoms with Crippen LogP contribution >= 0.6 is 0 Å². The van der Waals surface area contributed by atoms with E-state index in [1.54, 1.807) is 0 Å². The van der Waals surface area contributed by atoms with E-state index in [4.69, 9.17) is 6.42 Å². The number of aliphatic hydroxyl groups excluding tert-OH is 1. The molecule has 2 N–H and O–H groups in total. The predicted molar refractivity (Wildman–Crippen MR) is 64.7 cm³/mol. The summed E-state index contributed by atoms with van der Waals surface area (Å²) in [5.41, 5.74) is 0. The molecular weight excluding hydrogens is 188 g/mol. The zero-order valence-electron chi connectivity index (χ0n) is 10.2. The van der Waals surface area contributed by atoms with Gasteiger partial charge in [-0.3, -0.25) is 0 Å². The molecular formula is C12H24N2O. The van der Waals surface area contributed by atoms with Crippen LogP contribution < -0.4 is 5.32 Å². The Balaban J connectivity index is 3.74. The fourth-order valence-electron chi connectivity index (χ4n) is 1.44. The Morgan fingerprint density at radius 1 is 1.33 bits per heavy atom. The van der Waals surface area contributed by atoms with Gasteiger partial charge in [-0.2, -0.15) is 0 Å². The van der Waals surface area contributed by atoms with Crippen LogP contribution in [0.3, 0.4) is 0 Å². The van der Waals surface area contributed by atoms with Gasteiger partial charge < -0.3 is 15.3 Å². The van der Waals surface area contributed by atoms with E-state index in [0.717, 1.165) is 19.5 Å². The van der Waals surface area contributed by atoms with Crippen LogP contribution in [-0.4, -0.2) is 48.3 Å². The van der Waals surface area contributed by atoms with Crippen LogP contribution in [-0.2, 0) is 0 Å². The van der Waals surface area contributed by atoms with Gasteiger partial charge in [0.15, 0.2) is 0 Å². The minimum Gasteiger partial charge on any atom is -0.390 e. The van der Waals surface area contributed by atoms with Gasteiger partial charge in [0.25, 0.3) is 0 Å². The van der Waals surface area contributed by atoms with Gasteiger partial charge in [-0.25, -0.2) is 0 Å². The molecule has 0 aliphatic rings. The molecule has 0 bridgehead atoms. The van der Waals surface area contributed by atoms with E-state index < -0.39 is 0 Å². The second-order valence-corrected chi connectivity index (χ2v) is 3.68. The average molecular weight is 212 g/mol. The lowest BCUT2D eigenvalue weighted by atomic mass is 10.2. The first-order chi connectivity index (χ1) is 7.17. The molecule has 0 saturated heterocycles. The number of nitrogens with zero attached hydrogens (tertiary/aromatic N) is 1. The summed E-state index contributed by atoms with van der Waals surface area (Å²) in [5, 5.41) is 12.9. The molecule has 88 valence electrons. The predicted octanol–water partition coefficient (Wildman–Crippen LogP) is 0.690. The van der Waals surface area contributed by atoms with Gasteiger partial charge in [0.2, 0.25) is 0 Å². The van der Waals surface area contributed by atoms with Crippen molar-refractivity contribution in [3.8, 4) is 12.3 Å². The normalized spacial score (nSPS) is 14.9. The van der Waals surface area contributed by atoms with Gasteiger partial charge in [0.05, 0.1) is 12.1 Å². The molecule has 15 heavy (non-hydrogen) atoms. The lowest BCUT2D eigenvalue weighted by Gasteiger charge is -2.23. The van der Waals surface area contributed by atoms with Crippen LogP contribution in [0.2, 0.25) is 0 Å². The molecule has 0 fully saturated rings. The SMILES string of the molecule is C#CC(CC)NCC(O)CN(CC)CC. The topological polar surface area (TPSA) is 35.5 Å². The largest absolute Gasteiger partial charge is 0.390 e. The minimum atomic E-state index is -0.340. The van der Waals surface area contributed by atoms with Crippen molar-refractivity contribution in [1.29, 1.82) is 0 Å². The first kappa shape index (κ1) is 14.4. The summed E-state index contributed by atoms with van der Waals surface area (Å²) in [6.07, 6.45) is 5.88. The van der Waals surface area contributed by atoms with E-state index >= 15 is 0 Å². The Bertz CT molecular complexity index is 185. The number of hydrogen-bond donors (Lipinski definition) is 2. The van der Waals surface area contributed by atoms with Crippen LogP contribution in [0, 0.1) is 12.3 Å². The highest BCUT2D eigenvalue weighted by Gasteiger charge is 2.10. The lowest BCUT2D eigenvalue weighted by molar-refractivity contribution is 0.115. The molecule has 3 nitrogen and oxygen atoms in total. The van der Waals surface area contributed by atoms with Gasteiger partial charge in [-0.15, -0.1) is 6.42 Å². The van der Waals surface area contributed by atoms with E-state index in [9.17, 15) is 5.11 Å². The lowest BCUT2D eigenvalue weighted by Crippen LogP contribution is -2.41. The maximum absolute atomic E-state index is 9.75. The molecule has 0 aliphatic carbocycles. The molecule has 3 heteroatoms. The summed E-state index contributed by atoms with van der Waals surface area (Å²) >= 11 is 0. The fourth-order valence-corrected chi connectivity index (χ4v) is 1.44. The van der Waals surface area contributed by atoms with Gasteiger partial charge in [0.1, 0.15) is 0 Å². The Hall–Kier alpha value is -0.560. The standard InChI is InChI=1S/C12H24N2O/c1-5-11(6-2)13-9-12(15)10-14(7-3)8-4/h1,11-13,15H,6-10H2,2-4H3. The first-order valence-electron chi connectivity index (χ1n) is 5.77. The molecule has 2 unspecified atom stereocenters. The zero-order chi connectivity index (χ0) is 11.7. The Morgan fingerprint density at radius 3 is 2.33 bits per heavy atom. The summed E-state index contributed by atoms with van der Waals surface area (Å²) in [7, 11) is 0. The maximum Gasteiger partial charge on any atom is 0.0791 e. The van der Waals surface area contributed by atoms with Crippen molar-refractivity contribution in [2.45, 2.75) is 39.3 Å². The van der Waals surface area contributed by atoms with E-state index in [1.807, 2.05) is 6.92 Å². The first-order valence-corrected chi connectivity index (χ1v) is 5.77. The number of aliphatic hydroxyl groups is 1. The van der Waals surface area contributed by atoms with E-state index in [0.29, 0.717) is 13.1 Å². The van der Waals surface area contributed by atoms with Gasteiger partial charge in [-0.1, -0.05) is 26.7 Å². The van der Waals surface area contributed by atoms with Crippen molar-refractivity contribution >= 4 is 0 Å². The van der Waals surface area contributed by atoms with Crippen LogP contribution in [0.4, 0.5) is 0 Å². The van der Waals surface area contributed by atoms with E-state index in [-0.39, 0.29) is 12.1 Å². The molecule has 0 amide bonds. The average Bonchev–Trinajstić information content (AvgIpc) is 2.27. The van der Waals surface area contributed by atoms with Gasteiger partial charge >= 0.3 is 0 Å². The second kappa shape index (κ2) is 8.72. The summed E-state index contributed by atoms with van der Waals surface area (Å²) in [5.74, 6) is 2.65. The monoisotopic (exact) mass is 212 g/mol. The van der Waals surface area contributed by atoms with E-state index in [2.05, 4.69) is 30.0 Å². The molecule has 0 aromatic carbocycles. The summed E-state index contributed by atoms with van der Waals surface area (Å²) in [4.78, 5) is 2.20. The molecule has 0 aliphatic heterocycles. The minimum absolute atomic E-state index is 0.0800. The van der Waals surface area contributed by atoms with Crippen LogP contribution in [0.5, 0.6) is 0 Å². The Morgan fingerprint density at radius 2 is 1.93 bits per heavy atom. The zero-order valence-corrected chi connectivity index (χ0v) is 10.2. The third kappa shape index (κ3) is 6.51. The quantitative estimate of drug-likeness (QED) is 0.581. The van der Waals surface area contributed by atoms with Crippen molar-refractivity contribution < 1.29 is 5.11 Å². The summed E-state index contributed by atoms with van der Waals surface area (Å²) in [6.45, 7) is 9.45. The molecule has 0 saturated carbocycles. The molecule has 0 radical (unpaired) electrons. The fraction of sp³-hybridized carbons (Fsp3) is 0.833. The van der Waals surface area contributed by atoms with Gasteiger partial charge in [0, 0.05) is 13.1 Å². The second-order valence-electron chi connectivity index (χ2n) is 3.68. The van der Waals surface area contributed by atoms with Crippen LogP contribution in [0.25, 0.3) is 0 Å². The van der Waals surface area contributed by atoms with Crippen molar-refractivity contribution in [2.24, 2.45) is 0 Å². The number of terminal acetylenes is 1. The number of hydrogen-bond acceptors (Lipinski definition) is 3. The highest BCUT2D eigenvalue weighted by Crippen LogP contribution is 1.93. The number of rotatable bonds is 8. The molecule has 0 aromatic rings. The van der Waals surface area contributed by atoms with Crippen molar-refractivity contribution in [2.75, 3.05) is 26.2 Å². The molecule has 2 atom stereocenters. The van der Waals surface area contributed by atoms with Crippen molar-refractivity contribution in [3.63, 3.8) is 0 Å². The smallest absolute Gasteiger partial charge is 0.0791 e. The highest BCUT2D eigenvalue weighted by molar-refractivity contribution is 4.98. The molecule has 0 spiro atoms. The number of nitrogens with one attached hydrogen (secondary N) is 1. The molecule has 0 rings (SSSR count). The van der Waals surface area contributed by atoms with E-state index in [1.165, 1.54) is 0 Å².